The first kappa shape index (κ1) is 59.8. The number of rotatable bonds is 1. The molecule has 0 saturated heterocycles. The standard InChI is InChI=1S/3C12H27OSi.C6H5BCl2.Ta/c3*1-10(2,3)14(13,11(4,5)6)12(7,8)9;8-7(9)6-4-2-1-3-5-6;/h3*1-9H3;1-5H;/q3*-1;;. The van der Waals surface area contributed by atoms with Crippen LogP contribution >= 0.6 is 22.9 Å². The van der Waals surface area contributed by atoms with Gasteiger partial charge in [0.25, 0.3) is 0 Å². The van der Waals surface area contributed by atoms with Crippen LogP contribution in [0.15, 0.2) is 30.3 Å². The summed E-state index contributed by atoms with van der Waals surface area (Å²) in [5.41, 5.74) is 0.548. The smallest absolute Gasteiger partial charge is 0.382 e. The Balaban J connectivity index is -0.000000297. The van der Waals surface area contributed by atoms with Gasteiger partial charge in [0.1, 0.15) is 0 Å². The van der Waals surface area contributed by atoms with Crippen LogP contribution in [0.3, 0.4) is 0 Å². The third-order valence-corrected chi connectivity index (χ3v) is 30.1. The summed E-state index contributed by atoms with van der Waals surface area (Å²) >= 11 is 11.1. The van der Waals surface area contributed by atoms with Crippen molar-refractivity contribution < 1.29 is 36.8 Å². The Morgan fingerprint density at radius 2 is 0.481 bits per heavy atom. The third kappa shape index (κ3) is 14.5. The summed E-state index contributed by atoms with van der Waals surface area (Å²) in [5.74, 6) is 0. The normalized spacial score (nSPS) is 14.4. The first-order chi connectivity index (χ1) is 21.6. The van der Waals surface area contributed by atoms with Gasteiger partial charge in [0.2, 0.25) is 0 Å². The van der Waals surface area contributed by atoms with Crippen LogP contribution < -0.4 is 19.8 Å². The first-order valence-electron chi connectivity index (χ1n) is 19.0. The van der Waals surface area contributed by atoms with Gasteiger partial charge < -0.3 is 14.4 Å². The van der Waals surface area contributed by atoms with Crippen molar-refractivity contribution in [3.63, 3.8) is 0 Å². The van der Waals surface area contributed by atoms with Crippen LogP contribution in [0.5, 0.6) is 0 Å². The Kier molecular flexibility index (Phi) is 22.2. The molecule has 0 unspecified atom stereocenters. The second-order valence-corrected chi connectivity index (χ2v) is 42.7. The largest absolute Gasteiger partial charge is 0.857 e. The predicted octanol–water partition coefficient (Wildman–Crippen LogP) is 12.9. The van der Waals surface area contributed by atoms with Gasteiger partial charge in [-0.05, 0) is 30.4 Å². The van der Waals surface area contributed by atoms with Gasteiger partial charge in [-0.1, -0.05) is 263 Å². The zero-order chi connectivity index (χ0) is 42.7. The molecule has 0 fully saturated rings. The summed E-state index contributed by atoms with van der Waals surface area (Å²) in [6.45, 7) is 57.1. The van der Waals surface area contributed by atoms with Gasteiger partial charge in [-0.25, -0.2) is 0 Å². The van der Waals surface area contributed by atoms with Crippen molar-refractivity contribution >= 4 is 58.9 Å². The van der Waals surface area contributed by atoms with Crippen molar-refractivity contribution in [2.45, 2.75) is 232 Å². The zero-order valence-electron chi connectivity index (χ0n) is 39.4. The van der Waals surface area contributed by atoms with Crippen molar-refractivity contribution in [3.05, 3.63) is 30.3 Å². The van der Waals surface area contributed by atoms with Gasteiger partial charge in [-0.15, -0.1) is 0 Å². The molecule has 0 aromatic heterocycles. The van der Waals surface area contributed by atoms with E-state index < -0.39 is 30.5 Å². The Labute approximate surface area is 355 Å². The fourth-order valence-corrected chi connectivity index (χ4v) is 31.3. The Morgan fingerprint density at radius 1 is 0.346 bits per heavy atom. The van der Waals surface area contributed by atoms with E-state index in [4.69, 9.17) is 22.9 Å². The van der Waals surface area contributed by atoms with E-state index in [0.29, 0.717) is 0 Å². The molecule has 0 bridgehead atoms. The molecule has 309 valence electrons. The Morgan fingerprint density at radius 3 is 0.538 bits per heavy atom. The van der Waals surface area contributed by atoms with Crippen LogP contribution in [-0.4, -0.2) is 30.5 Å². The van der Waals surface area contributed by atoms with Crippen molar-refractivity contribution in [2.75, 3.05) is 0 Å². The first-order valence-corrected chi connectivity index (χ1v) is 25.6. The SMILES string of the molecule is CC(C)(C)[Si]([O-])(C(C)(C)C)C(C)(C)C.CC(C)(C)[Si]([O-])(C(C)(C)C)C(C)(C)C.CC(C)(C)[Si]([O-])(C(C)(C)C)C(C)(C)C.ClB(Cl)c1ccccc1.[Ta]. The van der Waals surface area contributed by atoms with Crippen LogP contribution in [-0.2, 0) is 22.4 Å². The van der Waals surface area contributed by atoms with Gasteiger partial charge in [0.15, 0.2) is 0 Å². The molecule has 0 N–H and O–H groups in total. The summed E-state index contributed by atoms with van der Waals surface area (Å²) in [6, 6.07) is 9.54. The maximum Gasteiger partial charge on any atom is 0.382 e. The second-order valence-electron chi connectivity index (χ2n) is 24.0. The van der Waals surface area contributed by atoms with Crippen molar-refractivity contribution in [3.8, 4) is 0 Å². The molecule has 10 heteroatoms. The van der Waals surface area contributed by atoms with Crippen molar-refractivity contribution in [2.24, 2.45) is 0 Å². The topological polar surface area (TPSA) is 69.2 Å². The van der Waals surface area contributed by atoms with Gasteiger partial charge in [0, 0.05) is 22.4 Å². The molecule has 0 saturated carbocycles. The molecule has 1 aromatic rings. The van der Waals surface area contributed by atoms with E-state index >= 15 is 0 Å². The molecule has 3 nitrogen and oxygen atoms in total. The molecule has 0 aliphatic heterocycles. The van der Waals surface area contributed by atoms with Crippen LogP contribution in [0.1, 0.15) is 187 Å². The van der Waals surface area contributed by atoms with E-state index in [2.05, 4.69) is 187 Å². The van der Waals surface area contributed by atoms with Crippen molar-refractivity contribution in [1.29, 1.82) is 0 Å². The van der Waals surface area contributed by atoms with Gasteiger partial charge in [-0.2, -0.15) is 22.9 Å². The second kappa shape index (κ2) is 19.3. The Bertz CT molecular complexity index is 942. The summed E-state index contributed by atoms with van der Waals surface area (Å²) in [5, 5.41) is -0.844. The zero-order valence-corrected chi connectivity index (χ0v) is 47.1. The van der Waals surface area contributed by atoms with Gasteiger partial charge >= 0.3 is 5.54 Å². The molecule has 1 radical (unpaired) electrons. The van der Waals surface area contributed by atoms with E-state index in [0.717, 1.165) is 5.46 Å². The summed E-state index contributed by atoms with van der Waals surface area (Å²) in [4.78, 5) is 39.9. The average Bonchev–Trinajstić information content (AvgIpc) is 2.83. The molecular formula is C42H86BCl2O3Si3Ta-3. The molecule has 0 amide bonds. The van der Waals surface area contributed by atoms with E-state index in [1.807, 2.05) is 30.3 Å². The number of hydrogen-bond acceptors (Lipinski definition) is 3. The van der Waals surface area contributed by atoms with E-state index in [1.54, 1.807) is 0 Å². The summed E-state index contributed by atoms with van der Waals surface area (Å²) in [7, 11) is -7.81. The molecule has 1 rings (SSSR count). The molecule has 1 aromatic carbocycles. The molecule has 0 aliphatic carbocycles. The summed E-state index contributed by atoms with van der Waals surface area (Å²) < 4.78 is 0. The molecule has 0 atom stereocenters. The van der Waals surface area contributed by atoms with E-state index in [1.165, 1.54) is 0 Å². The Hall–Kier alpha value is 1.14. The van der Waals surface area contributed by atoms with E-state index in [9.17, 15) is 14.4 Å². The maximum atomic E-state index is 13.3. The minimum absolute atomic E-state index is 0. The number of hydrogen-bond donors (Lipinski definition) is 0. The fraction of sp³-hybridized carbons (Fsp3) is 0.857. The van der Waals surface area contributed by atoms with Crippen molar-refractivity contribution in [1.82, 2.24) is 0 Å². The van der Waals surface area contributed by atoms with Crippen LogP contribution in [0, 0.1) is 0 Å². The predicted molar refractivity (Wildman–Crippen MR) is 238 cm³/mol. The van der Waals surface area contributed by atoms with Crippen LogP contribution in [0.2, 0.25) is 45.3 Å². The van der Waals surface area contributed by atoms with Crippen LogP contribution in [0.25, 0.3) is 0 Å². The third-order valence-electron chi connectivity index (χ3n) is 10.6. The molecule has 0 spiro atoms. The molecular weight excluding hydrogens is 899 g/mol. The maximum absolute atomic E-state index is 13.3. The molecule has 0 aliphatic rings. The average molecular weight is 986 g/mol. The monoisotopic (exact) mass is 984 g/mol. The number of halogens is 2. The minimum Gasteiger partial charge on any atom is -0.857 e. The van der Waals surface area contributed by atoms with Crippen LogP contribution in [0.4, 0.5) is 0 Å². The minimum atomic E-state index is -2.60. The van der Waals surface area contributed by atoms with Gasteiger partial charge in [-0.3, -0.25) is 0 Å². The fourth-order valence-electron chi connectivity index (χ4n) is 10.7. The molecule has 52 heavy (non-hydrogen) atoms. The summed E-state index contributed by atoms with van der Waals surface area (Å²) in [6.07, 6.45) is 0. The number of benzene rings is 1. The quantitative estimate of drug-likeness (QED) is 0.263. The van der Waals surface area contributed by atoms with Gasteiger partial charge in [0.05, 0.1) is 0 Å². The van der Waals surface area contributed by atoms with E-state index in [-0.39, 0.29) is 67.7 Å². The molecule has 0 heterocycles.